The van der Waals surface area contributed by atoms with Gasteiger partial charge in [-0.1, -0.05) is 18.2 Å². The van der Waals surface area contributed by atoms with Crippen LogP contribution in [0, 0.1) is 11.3 Å². The summed E-state index contributed by atoms with van der Waals surface area (Å²) in [6.45, 7) is 0.318. The minimum absolute atomic E-state index is 0.318. The number of rotatable bonds is 3. The summed E-state index contributed by atoms with van der Waals surface area (Å²) in [5.41, 5.74) is 8.80. The second kappa shape index (κ2) is 4.98. The van der Waals surface area contributed by atoms with E-state index in [0.29, 0.717) is 23.6 Å². The molecule has 0 aliphatic heterocycles. The Morgan fingerprint density at radius 1 is 1.15 bits per heavy atom. The number of fused-ring (bicyclic) bond motifs is 1. The molecule has 1 aromatic carbocycles. The zero-order chi connectivity index (χ0) is 13.9. The maximum Gasteiger partial charge on any atom is 0.142 e. The number of pyridine rings is 1. The van der Waals surface area contributed by atoms with Gasteiger partial charge in [0.25, 0.3) is 0 Å². The number of nitrogen functional groups attached to an aromatic ring is 1. The van der Waals surface area contributed by atoms with E-state index in [0.717, 1.165) is 11.1 Å². The quantitative estimate of drug-likeness (QED) is 0.739. The van der Waals surface area contributed by atoms with Crippen molar-refractivity contribution in [2.24, 2.45) is 0 Å². The molecule has 0 unspecified atom stereocenters. The molecule has 2 N–H and O–H groups in total. The number of nitrogens with two attached hydrogens (primary N) is 1. The van der Waals surface area contributed by atoms with Crippen LogP contribution >= 0.6 is 0 Å². The fraction of sp³-hybridized carbons (Fsp3) is 0.0625. The van der Waals surface area contributed by atoms with Crippen LogP contribution in [-0.2, 0) is 6.61 Å². The van der Waals surface area contributed by atoms with Gasteiger partial charge in [0, 0.05) is 18.0 Å². The Hall–Kier alpha value is -2.93. The molecule has 0 atom stereocenters. The van der Waals surface area contributed by atoms with Gasteiger partial charge in [-0.05, 0) is 24.3 Å². The van der Waals surface area contributed by atoms with E-state index in [-0.39, 0.29) is 0 Å². The van der Waals surface area contributed by atoms with Gasteiger partial charge in [0.15, 0.2) is 0 Å². The average Bonchev–Trinajstić information content (AvgIpc) is 2.84. The third-order valence-electron chi connectivity index (χ3n) is 3.18. The molecular formula is C16H13N3O. The highest BCUT2D eigenvalue weighted by Gasteiger charge is 2.10. The first-order valence-corrected chi connectivity index (χ1v) is 6.25. The number of anilines is 1. The van der Waals surface area contributed by atoms with Crippen molar-refractivity contribution in [3.63, 3.8) is 0 Å². The SMILES string of the molecule is N#Cc1c(COc2ccccc2N)cn2ccccc12. The third kappa shape index (κ3) is 2.06. The number of para-hydroxylation sites is 2. The Balaban J connectivity index is 1.92. The van der Waals surface area contributed by atoms with Crippen molar-refractivity contribution < 1.29 is 4.74 Å². The van der Waals surface area contributed by atoms with Crippen LogP contribution in [0.2, 0.25) is 0 Å². The molecule has 0 amide bonds. The summed E-state index contributed by atoms with van der Waals surface area (Å²) in [4.78, 5) is 0. The molecular weight excluding hydrogens is 250 g/mol. The number of ether oxygens (including phenoxy) is 1. The van der Waals surface area contributed by atoms with E-state index >= 15 is 0 Å². The highest BCUT2D eigenvalue weighted by molar-refractivity contribution is 5.65. The van der Waals surface area contributed by atoms with E-state index in [9.17, 15) is 5.26 Å². The van der Waals surface area contributed by atoms with Crippen LogP contribution in [0.3, 0.4) is 0 Å². The van der Waals surface area contributed by atoms with Crippen molar-refractivity contribution in [2.75, 3.05) is 5.73 Å². The molecule has 4 heteroatoms. The molecule has 0 aliphatic carbocycles. The van der Waals surface area contributed by atoms with Gasteiger partial charge in [-0.15, -0.1) is 0 Å². The lowest BCUT2D eigenvalue weighted by Crippen LogP contribution is -1.98. The Morgan fingerprint density at radius 3 is 2.75 bits per heavy atom. The molecule has 0 radical (unpaired) electrons. The van der Waals surface area contributed by atoms with Gasteiger partial charge in [0.05, 0.1) is 16.8 Å². The second-order valence-corrected chi connectivity index (χ2v) is 4.46. The van der Waals surface area contributed by atoms with Gasteiger partial charge >= 0.3 is 0 Å². The Morgan fingerprint density at radius 2 is 1.95 bits per heavy atom. The molecule has 0 saturated carbocycles. The standard InChI is InChI=1S/C16H13N3O/c17-9-13-12(10-19-8-4-3-6-15(13)19)11-20-16-7-2-1-5-14(16)18/h1-8,10H,11,18H2. The largest absolute Gasteiger partial charge is 0.487 e. The van der Waals surface area contributed by atoms with Crippen LogP contribution in [0.25, 0.3) is 5.52 Å². The molecule has 4 nitrogen and oxygen atoms in total. The minimum Gasteiger partial charge on any atom is -0.487 e. The van der Waals surface area contributed by atoms with E-state index in [1.165, 1.54) is 0 Å². The van der Waals surface area contributed by atoms with E-state index in [4.69, 9.17) is 10.5 Å². The Labute approximate surface area is 116 Å². The van der Waals surface area contributed by atoms with Crippen molar-refractivity contribution in [2.45, 2.75) is 6.61 Å². The highest BCUT2D eigenvalue weighted by atomic mass is 16.5. The van der Waals surface area contributed by atoms with Gasteiger partial charge in [0.1, 0.15) is 18.4 Å². The van der Waals surface area contributed by atoms with Crippen molar-refractivity contribution >= 4 is 11.2 Å². The van der Waals surface area contributed by atoms with Gasteiger partial charge in [-0.3, -0.25) is 0 Å². The first-order valence-electron chi connectivity index (χ1n) is 6.25. The second-order valence-electron chi connectivity index (χ2n) is 4.46. The predicted octanol–water partition coefficient (Wildman–Crippen LogP) is 2.97. The van der Waals surface area contributed by atoms with Gasteiger partial charge < -0.3 is 14.9 Å². The Kier molecular flexibility index (Phi) is 3.02. The predicted molar refractivity (Wildman–Crippen MR) is 77.3 cm³/mol. The molecule has 0 aliphatic rings. The van der Waals surface area contributed by atoms with Crippen molar-refractivity contribution in [1.29, 1.82) is 5.26 Å². The summed E-state index contributed by atoms with van der Waals surface area (Å²) in [5.74, 6) is 0.631. The normalized spacial score (nSPS) is 10.3. The fourth-order valence-corrected chi connectivity index (χ4v) is 2.18. The van der Waals surface area contributed by atoms with E-state index in [1.807, 2.05) is 53.2 Å². The van der Waals surface area contributed by atoms with Crippen molar-refractivity contribution in [3.05, 3.63) is 66.0 Å². The van der Waals surface area contributed by atoms with Crippen molar-refractivity contribution in [3.8, 4) is 11.8 Å². The number of aromatic nitrogens is 1. The summed E-state index contributed by atoms with van der Waals surface area (Å²) in [6.07, 6.45) is 3.82. The number of hydrogen-bond donors (Lipinski definition) is 1. The smallest absolute Gasteiger partial charge is 0.142 e. The van der Waals surface area contributed by atoms with Crippen LogP contribution in [0.1, 0.15) is 11.1 Å². The molecule has 98 valence electrons. The molecule has 0 saturated heterocycles. The van der Waals surface area contributed by atoms with E-state index in [1.54, 1.807) is 6.07 Å². The van der Waals surface area contributed by atoms with Crippen molar-refractivity contribution in [1.82, 2.24) is 4.40 Å². The van der Waals surface area contributed by atoms with Crippen LogP contribution < -0.4 is 10.5 Å². The molecule has 2 aromatic heterocycles. The zero-order valence-electron chi connectivity index (χ0n) is 10.8. The highest BCUT2D eigenvalue weighted by Crippen LogP contribution is 2.23. The maximum atomic E-state index is 9.31. The summed E-state index contributed by atoms with van der Waals surface area (Å²) in [6, 6.07) is 15.3. The number of nitrogens with zero attached hydrogens (tertiary/aromatic N) is 2. The fourth-order valence-electron chi connectivity index (χ4n) is 2.18. The lowest BCUT2D eigenvalue weighted by Gasteiger charge is -2.07. The number of hydrogen-bond acceptors (Lipinski definition) is 3. The summed E-state index contributed by atoms with van der Waals surface area (Å²) in [5, 5.41) is 9.31. The van der Waals surface area contributed by atoms with Gasteiger partial charge in [-0.25, -0.2) is 0 Å². The molecule has 0 spiro atoms. The average molecular weight is 263 g/mol. The third-order valence-corrected chi connectivity index (χ3v) is 3.18. The Bertz CT molecular complexity index is 799. The molecule has 3 rings (SSSR count). The first kappa shape index (κ1) is 12.1. The lowest BCUT2D eigenvalue weighted by molar-refractivity contribution is 0.308. The topological polar surface area (TPSA) is 63.4 Å². The van der Waals surface area contributed by atoms with E-state index in [2.05, 4.69) is 6.07 Å². The molecule has 3 aromatic rings. The lowest BCUT2D eigenvalue weighted by atomic mass is 10.2. The maximum absolute atomic E-state index is 9.31. The molecule has 20 heavy (non-hydrogen) atoms. The molecule has 2 heterocycles. The first-order chi connectivity index (χ1) is 9.79. The van der Waals surface area contributed by atoms with Crippen LogP contribution in [0.15, 0.2) is 54.9 Å². The monoisotopic (exact) mass is 263 g/mol. The molecule has 0 fully saturated rings. The number of nitriles is 1. The number of benzene rings is 1. The van der Waals surface area contributed by atoms with Crippen LogP contribution in [0.5, 0.6) is 5.75 Å². The summed E-state index contributed by atoms with van der Waals surface area (Å²) in [7, 11) is 0. The molecule has 0 bridgehead atoms. The van der Waals surface area contributed by atoms with Gasteiger partial charge in [0.2, 0.25) is 0 Å². The van der Waals surface area contributed by atoms with Gasteiger partial charge in [-0.2, -0.15) is 5.26 Å². The van der Waals surface area contributed by atoms with E-state index < -0.39 is 0 Å². The van der Waals surface area contributed by atoms with Crippen LogP contribution in [-0.4, -0.2) is 4.40 Å². The zero-order valence-corrected chi connectivity index (χ0v) is 10.8. The summed E-state index contributed by atoms with van der Waals surface area (Å²) >= 11 is 0. The minimum atomic E-state index is 0.318. The van der Waals surface area contributed by atoms with Crippen LogP contribution in [0.4, 0.5) is 5.69 Å². The summed E-state index contributed by atoms with van der Waals surface area (Å²) < 4.78 is 7.63.